The molecule has 140 valence electrons. The molecule has 0 aliphatic carbocycles. The topological polar surface area (TPSA) is 75.7 Å². The van der Waals surface area contributed by atoms with E-state index in [0.29, 0.717) is 17.4 Å². The fourth-order valence-corrected chi connectivity index (χ4v) is 2.92. The number of amides is 2. The van der Waals surface area contributed by atoms with Crippen molar-refractivity contribution in [3.63, 3.8) is 0 Å². The molecule has 1 aliphatic heterocycles. The molecule has 0 saturated heterocycles. The van der Waals surface area contributed by atoms with E-state index in [1.807, 2.05) is 0 Å². The molecule has 2 aromatic carbocycles. The third-order valence-electron chi connectivity index (χ3n) is 4.05. The van der Waals surface area contributed by atoms with Crippen molar-refractivity contribution in [2.24, 2.45) is 0 Å². The Bertz CT molecular complexity index is 896. The summed E-state index contributed by atoms with van der Waals surface area (Å²) in [5.74, 6) is -3.67. The van der Waals surface area contributed by atoms with E-state index < -0.39 is 36.2 Å². The van der Waals surface area contributed by atoms with Gasteiger partial charge in [0.25, 0.3) is 5.91 Å². The molecule has 0 saturated carbocycles. The molecule has 0 bridgehead atoms. The van der Waals surface area contributed by atoms with Gasteiger partial charge < -0.3 is 15.0 Å². The van der Waals surface area contributed by atoms with Gasteiger partial charge >= 0.3 is 5.97 Å². The molecule has 2 amide bonds. The highest BCUT2D eigenvalue weighted by molar-refractivity contribution is 6.05. The maximum Gasteiger partial charge on any atom is 0.338 e. The Hall–Kier alpha value is -3.29. The van der Waals surface area contributed by atoms with Crippen molar-refractivity contribution in [2.45, 2.75) is 19.4 Å². The number of halogens is 2. The fraction of sp³-hybridized carbons (Fsp3) is 0.211. The van der Waals surface area contributed by atoms with Gasteiger partial charge in [-0.15, -0.1) is 0 Å². The van der Waals surface area contributed by atoms with Gasteiger partial charge in [0.1, 0.15) is 11.6 Å². The molecule has 0 spiro atoms. The molecule has 3 rings (SSSR count). The molecular weight excluding hydrogens is 358 g/mol. The Morgan fingerprint density at radius 1 is 1.19 bits per heavy atom. The van der Waals surface area contributed by atoms with E-state index in [2.05, 4.69) is 5.32 Å². The number of carbonyl (C=O) groups excluding carboxylic acids is 3. The monoisotopic (exact) mass is 374 g/mol. The maximum atomic E-state index is 13.2. The average Bonchev–Trinajstić information content (AvgIpc) is 2.72. The Morgan fingerprint density at radius 2 is 1.85 bits per heavy atom. The molecule has 1 atom stereocenters. The number of para-hydroxylation sites is 2. The highest BCUT2D eigenvalue weighted by atomic mass is 19.1. The van der Waals surface area contributed by atoms with Crippen LogP contribution < -0.4 is 10.2 Å². The van der Waals surface area contributed by atoms with Crippen LogP contribution in [0.4, 0.5) is 20.2 Å². The van der Waals surface area contributed by atoms with Crippen LogP contribution in [0.1, 0.15) is 23.7 Å². The van der Waals surface area contributed by atoms with E-state index in [-0.39, 0.29) is 17.9 Å². The first-order valence-electron chi connectivity index (χ1n) is 8.19. The quantitative estimate of drug-likeness (QED) is 0.839. The minimum absolute atomic E-state index is 0.0729. The summed E-state index contributed by atoms with van der Waals surface area (Å²) in [5.41, 5.74) is 0.619. The molecule has 1 aliphatic rings. The number of nitrogens with one attached hydrogen (secondary N) is 1. The van der Waals surface area contributed by atoms with E-state index >= 15 is 0 Å². The number of hydrogen-bond donors (Lipinski definition) is 1. The first-order valence-corrected chi connectivity index (χ1v) is 8.19. The Morgan fingerprint density at radius 3 is 2.56 bits per heavy atom. The largest absolute Gasteiger partial charge is 0.452 e. The number of carbonyl (C=O) groups is 3. The standard InChI is InChI=1S/C19H16F2N2O4/c1-11-6-17(24)22-15-4-2-3-5-16(15)23(11)18(25)10-27-19(26)12-7-13(20)9-14(21)8-12/h2-5,7-9,11H,6,10H2,1H3,(H,22,24). The second-order valence-electron chi connectivity index (χ2n) is 6.12. The van der Waals surface area contributed by atoms with Crippen LogP contribution in [-0.4, -0.2) is 30.4 Å². The summed E-state index contributed by atoms with van der Waals surface area (Å²) in [6, 6.07) is 8.56. The molecule has 2 aromatic rings. The van der Waals surface area contributed by atoms with Gasteiger partial charge in [-0.1, -0.05) is 12.1 Å². The SMILES string of the molecule is CC1CC(=O)Nc2ccccc2N1C(=O)COC(=O)c1cc(F)cc(F)c1. The van der Waals surface area contributed by atoms with Crippen molar-refractivity contribution in [3.05, 3.63) is 59.7 Å². The minimum atomic E-state index is -1.02. The molecule has 0 fully saturated rings. The lowest BCUT2D eigenvalue weighted by Crippen LogP contribution is -2.41. The van der Waals surface area contributed by atoms with Crippen molar-refractivity contribution >= 4 is 29.2 Å². The number of esters is 1. The third kappa shape index (κ3) is 4.11. The third-order valence-corrected chi connectivity index (χ3v) is 4.05. The molecule has 0 aromatic heterocycles. The summed E-state index contributed by atoms with van der Waals surface area (Å²) in [6.45, 7) is 1.06. The average molecular weight is 374 g/mol. The number of fused-ring (bicyclic) bond motifs is 1. The number of nitrogens with zero attached hydrogens (tertiary/aromatic N) is 1. The summed E-state index contributed by atoms with van der Waals surface area (Å²) >= 11 is 0. The van der Waals surface area contributed by atoms with Gasteiger partial charge in [0.15, 0.2) is 6.61 Å². The van der Waals surface area contributed by atoms with Crippen LogP contribution in [0.3, 0.4) is 0 Å². The molecule has 1 unspecified atom stereocenters. The Labute approximate surface area is 153 Å². The van der Waals surface area contributed by atoms with Crippen molar-refractivity contribution in [3.8, 4) is 0 Å². The number of anilines is 2. The van der Waals surface area contributed by atoms with Crippen molar-refractivity contribution in [2.75, 3.05) is 16.8 Å². The molecule has 8 heteroatoms. The van der Waals surface area contributed by atoms with Crippen molar-refractivity contribution < 1.29 is 27.9 Å². The zero-order chi connectivity index (χ0) is 19.6. The first-order chi connectivity index (χ1) is 12.8. The summed E-state index contributed by atoms with van der Waals surface area (Å²) < 4.78 is 31.3. The molecule has 0 radical (unpaired) electrons. The zero-order valence-electron chi connectivity index (χ0n) is 14.4. The summed E-state index contributed by atoms with van der Waals surface area (Å²) in [7, 11) is 0. The molecule has 1 N–H and O–H groups in total. The van der Waals surface area contributed by atoms with Gasteiger partial charge in [-0.05, 0) is 31.2 Å². The summed E-state index contributed by atoms with van der Waals surface area (Å²) in [6.07, 6.45) is 0.0729. The predicted molar refractivity (Wildman–Crippen MR) is 93.3 cm³/mol. The van der Waals surface area contributed by atoms with Gasteiger partial charge in [-0.2, -0.15) is 0 Å². The van der Waals surface area contributed by atoms with Gasteiger partial charge in [-0.3, -0.25) is 9.59 Å². The molecule has 27 heavy (non-hydrogen) atoms. The maximum absolute atomic E-state index is 13.2. The lowest BCUT2D eigenvalue weighted by Gasteiger charge is -2.27. The van der Waals surface area contributed by atoms with Crippen LogP contribution in [0.25, 0.3) is 0 Å². The highest BCUT2D eigenvalue weighted by Gasteiger charge is 2.30. The predicted octanol–water partition coefficient (Wildman–Crippen LogP) is 2.89. The van der Waals surface area contributed by atoms with E-state index in [1.165, 1.54) is 4.90 Å². The second-order valence-corrected chi connectivity index (χ2v) is 6.12. The number of hydrogen-bond acceptors (Lipinski definition) is 4. The van der Waals surface area contributed by atoms with E-state index in [4.69, 9.17) is 4.74 Å². The van der Waals surface area contributed by atoms with Crippen LogP contribution in [0.2, 0.25) is 0 Å². The smallest absolute Gasteiger partial charge is 0.338 e. The van der Waals surface area contributed by atoms with Gasteiger partial charge in [0.2, 0.25) is 5.91 Å². The van der Waals surface area contributed by atoms with Gasteiger partial charge in [-0.25, -0.2) is 13.6 Å². The minimum Gasteiger partial charge on any atom is -0.452 e. The van der Waals surface area contributed by atoms with Crippen LogP contribution in [0, 0.1) is 11.6 Å². The first kappa shape index (κ1) is 18.5. The summed E-state index contributed by atoms with van der Waals surface area (Å²) in [4.78, 5) is 38.0. The summed E-state index contributed by atoms with van der Waals surface area (Å²) in [5, 5.41) is 2.72. The van der Waals surface area contributed by atoms with Crippen LogP contribution >= 0.6 is 0 Å². The normalized spacial score (nSPS) is 16.2. The lowest BCUT2D eigenvalue weighted by molar-refractivity contribution is -0.122. The number of benzene rings is 2. The van der Waals surface area contributed by atoms with Crippen LogP contribution in [0.5, 0.6) is 0 Å². The van der Waals surface area contributed by atoms with Crippen molar-refractivity contribution in [1.82, 2.24) is 0 Å². The van der Waals surface area contributed by atoms with Gasteiger partial charge in [0.05, 0.1) is 16.9 Å². The fourth-order valence-electron chi connectivity index (χ4n) is 2.92. The number of rotatable bonds is 3. The van der Waals surface area contributed by atoms with E-state index in [0.717, 1.165) is 12.1 Å². The molecule has 6 nitrogen and oxygen atoms in total. The molecule has 1 heterocycles. The van der Waals surface area contributed by atoms with E-state index in [9.17, 15) is 23.2 Å². The Kier molecular flexibility index (Phi) is 5.16. The highest BCUT2D eigenvalue weighted by Crippen LogP contribution is 2.31. The zero-order valence-corrected chi connectivity index (χ0v) is 14.4. The van der Waals surface area contributed by atoms with Crippen LogP contribution in [0.15, 0.2) is 42.5 Å². The van der Waals surface area contributed by atoms with Gasteiger partial charge in [0, 0.05) is 18.5 Å². The Balaban J connectivity index is 1.77. The van der Waals surface area contributed by atoms with Crippen molar-refractivity contribution in [1.29, 1.82) is 0 Å². The van der Waals surface area contributed by atoms with E-state index in [1.54, 1.807) is 31.2 Å². The molecular formula is C19H16F2N2O4. The van der Waals surface area contributed by atoms with Crippen LogP contribution in [-0.2, 0) is 14.3 Å². The number of ether oxygens (including phenoxy) is 1. The second kappa shape index (κ2) is 7.53. The lowest BCUT2D eigenvalue weighted by atomic mass is 10.1.